The van der Waals surface area contributed by atoms with Gasteiger partial charge in [-0.15, -0.1) is 0 Å². The minimum absolute atomic E-state index is 0.0472. The van der Waals surface area contributed by atoms with Crippen LogP contribution in [0.4, 0.5) is 10.5 Å². The highest BCUT2D eigenvalue weighted by atomic mass is 28.4. The fraction of sp³-hybridized carbons (Fsp3) is 0.478. The van der Waals surface area contributed by atoms with Crippen LogP contribution in [-0.2, 0) is 4.43 Å². The molecule has 0 spiro atoms. The second-order valence-corrected chi connectivity index (χ2v) is 14.5. The van der Waals surface area contributed by atoms with Crippen LogP contribution in [-0.4, -0.2) is 49.1 Å². The molecular formula is C23H31N3O3Si. The summed E-state index contributed by atoms with van der Waals surface area (Å²) in [6, 6.07) is 12.8. The summed E-state index contributed by atoms with van der Waals surface area (Å²) in [7, 11) is -1.89. The van der Waals surface area contributed by atoms with Gasteiger partial charge in [0.25, 0.3) is 5.56 Å². The van der Waals surface area contributed by atoms with Crippen molar-refractivity contribution < 1.29 is 9.22 Å². The van der Waals surface area contributed by atoms with E-state index in [2.05, 4.69) is 33.9 Å². The molecule has 160 valence electrons. The Labute approximate surface area is 179 Å². The van der Waals surface area contributed by atoms with Crippen molar-refractivity contribution >= 4 is 20.0 Å². The largest absolute Gasteiger partial charge is 0.412 e. The second kappa shape index (κ2) is 7.39. The molecule has 0 radical (unpaired) electrons. The Morgan fingerprint density at radius 3 is 2.30 bits per heavy atom. The number of fused-ring (bicyclic) bond motifs is 1. The molecule has 3 heterocycles. The average Bonchev–Trinajstić information content (AvgIpc) is 3.22. The molecule has 2 fully saturated rings. The van der Waals surface area contributed by atoms with Crippen LogP contribution in [0.2, 0.25) is 18.1 Å². The van der Waals surface area contributed by atoms with Crippen molar-refractivity contribution in [3.05, 3.63) is 59.0 Å². The molecule has 2 aliphatic rings. The summed E-state index contributed by atoms with van der Waals surface area (Å²) in [5.74, 6) is 0. The molecule has 2 amide bonds. The van der Waals surface area contributed by atoms with E-state index < -0.39 is 8.32 Å². The van der Waals surface area contributed by atoms with Gasteiger partial charge in [-0.2, -0.15) is 0 Å². The molecule has 7 heteroatoms. The highest BCUT2D eigenvalue weighted by Gasteiger charge is 2.50. The first-order chi connectivity index (χ1) is 14.1. The zero-order chi connectivity index (χ0) is 21.7. The number of amides is 2. The lowest BCUT2D eigenvalue weighted by molar-refractivity contribution is 0.150. The first-order valence-electron chi connectivity index (χ1n) is 10.6. The van der Waals surface area contributed by atoms with Crippen LogP contribution < -0.4 is 10.5 Å². The average molecular weight is 426 g/mol. The third-order valence-electron chi connectivity index (χ3n) is 6.84. The zero-order valence-corrected chi connectivity index (χ0v) is 19.5. The molecule has 0 N–H and O–H groups in total. The summed E-state index contributed by atoms with van der Waals surface area (Å²) in [5, 5.41) is 0.147. The fourth-order valence-corrected chi connectivity index (χ4v) is 5.43. The van der Waals surface area contributed by atoms with Crippen molar-refractivity contribution in [2.45, 2.75) is 57.5 Å². The van der Waals surface area contributed by atoms with Crippen LogP contribution in [0.1, 0.15) is 27.2 Å². The fourth-order valence-electron chi connectivity index (χ4n) is 4.04. The molecule has 6 nitrogen and oxygen atoms in total. The topological polar surface area (TPSA) is 54.8 Å². The van der Waals surface area contributed by atoms with E-state index in [0.29, 0.717) is 6.54 Å². The van der Waals surface area contributed by atoms with E-state index in [0.717, 1.165) is 24.3 Å². The van der Waals surface area contributed by atoms with Gasteiger partial charge in [0, 0.05) is 30.2 Å². The quantitative estimate of drug-likeness (QED) is 0.689. The summed E-state index contributed by atoms with van der Waals surface area (Å²) < 4.78 is 8.27. The van der Waals surface area contributed by atoms with Gasteiger partial charge in [-0.1, -0.05) is 26.8 Å². The predicted molar refractivity (Wildman–Crippen MR) is 122 cm³/mol. The Balaban J connectivity index is 1.52. The van der Waals surface area contributed by atoms with Gasteiger partial charge in [-0.3, -0.25) is 14.3 Å². The highest BCUT2D eigenvalue weighted by molar-refractivity contribution is 6.74. The maximum atomic E-state index is 13.1. The maximum absolute atomic E-state index is 13.1. The lowest BCUT2D eigenvalue weighted by Gasteiger charge is -2.39. The molecule has 2 atom stereocenters. The van der Waals surface area contributed by atoms with Crippen LogP contribution in [0.25, 0.3) is 5.69 Å². The monoisotopic (exact) mass is 425 g/mol. The number of carbonyl (C=O) groups excluding carboxylic acids is 1. The van der Waals surface area contributed by atoms with Crippen LogP contribution in [0.3, 0.4) is 0 Å². The molecule has 1 aromatic carbocycles. The Morgan fingerprint density at radius 1 is 1.00 bits per heavy atom. The van der Waals surface area contributed by atoms with E-state index in [1.54, 1.807) is 16.8 Å². The number of urea groups is 1. The molecule has 0 saturated carbocycles. The molecular weight excluding hydrogens is 394 g/mol. The molecule has 0 unspecified atom stereocenters. The molecule has 0 aliphatic carbocycles. The normalized spacial score (nSPS) is 22.0. The number of hydrogen-bond acceptors (Lipinski definition) is 3. The summed E-state index contributed by atoms with van der Waals surface area (Å²) in [5.41, 5.74) is 1.57. The first kappa shape index (κ1) is 20.9. The molecule has 2 saturated heterocycles. The van der Waals surface area contributed by atoms with Gasteiger partial charge in [0.1, 0.15) is 0 Å². The summed E-state index contributed by atoms with van der Waals surface area (Å²) in [4.78, 5) is 28.9. The van der Waals surface area contributed by atoms with Gasteiger partial charge in [-0.25, -0.2) is 4.79 Å². The molecule has 1 aromatic heterocycles. The molecule has 30 heavy (non-hydrogen) atoms. The smallest absolute Gasteiger partial charge is 0.324 e. The van der Waals surface area contributed by atoms with Gasteiger partial charge in [0.2, 0.25) is 0 Å². The Hall–Kier alpha value is -2.38. The van der Waals surface area contributed by atoms with Crippen molar-refractivity contribution in [2.75, 3.05) is 18.0 Å². The highest BCUT2D eigenvalue weighted by Crippen LogP contribution is 2.40. The number of pyridine rings is 1. The molecule has 2 aliphatic heterocycles. The Morgan fingerprint density at radius 2 is 1.67 bits per heavy atom. The van der Waals surface area contributed by atoms with E-state index in [4.69, 9.17) is 4.43 Å². The van der Waals surface area contributed by atoms with E-state index in [-0.39, 0.29) is 28.8 Å². The number of hydrogen-bond donors (Lipinski definition) is 0. The second-order valence-electron chi connectivity index (χ2n) is 9.78. The van der Waals surface area contributed by atoms with Crippen LogP contribution in [0.5, 0.6) is 0 Å². The maximum Gasteiger partial charge on any atom is 0.324 e. The number of rotatable bonds is 4. The zero-order valence-electron chi connectivity index (χ0n) is 18.5. The third kappa shape index (κ3) is 3.61. The number of benzene rings is 1. The number of carbonyl (C=O) groups is 1. The third-order valence-corrected chi connectivity index (χ3v) is 11.3. The Kier molecular flexibility index (Phi) is 5.14. The number of nitrogens with zero attached hydrogens (tertiary/aromatic N) is 3. The standard InChI is InChI=1S/C23H31N3O3Si/c1-23(2,3)30(4,5)29-20-13-15-25-19(20)16-26(22(25)28)18-11-9-17(10-12-18)24-14-7-6-8-21(24)27/h6-12,14,19-20H,13,15-16H2,1-5H3/t19-,20+/m1/s1. The van der Waals surface area contributed by atoms with E-state index in [9.17, 15) is 9.59 Å². The first-order valence-corrected chi connectivity index (χ1v) is 13.5. The number of aromatic nitrogens is 1. The van der Waals surface area contributed by atoms with Crippen molar-refractivity contribution in [3.8, 4) is 5.69 Å². The van der Waals surface area contributed by atoms with Gasteiger partial charge < -0.3 is 9.33 Å². The molecule has 0 bridgehead atoms. The van der Waals surface area contributed by atoms with E-state index in [1.165, 1.54) is 6.07 Å². The van der Waals surface area contributed by atoms with Gasteiger partial charge >= 0.3 is 6.03 Å². The lowest BCUT2D eigenvalue weighted by Crippen LogP contribution is -2.47. The van der Waals surface area contributed by atoms with Gasteiger partial charge in [0.15, 0.2) is 8.32 Å². The lowest BCUT2D eigenvalue weighted by atomic mass is 10.1. The summed E-state index contributed by atoms with van der Waals surface area (Å²) >= 11 is 0. The number of anilines is 1. The molecule has 2 aromatic rings. The van der Waals surface area contributed by atoms with Crippen molar-refractivity contribution in [3.63, 3.8) is 0 Å². The van der Waals surface area contributed by atoms with E-state index >= 15 is 0 Å². The predicted octanol–water partition coefficient (Wildman–Crippen LogP) is 4.24. The van der Waals surface area contributed by atoms with E-state index in [1.807, 2.05) is 40.1 Å². The van der Waals surface area contributed by atoms with Crippen LogP contribution in [0.15, 0.2) is 53.5 Å². The van der Waals surface area contributed by atoms with Crippen molar-refractivity contribution in [2.24, 2.45) is 0 Å². The van der Waals surface area contributed by atoms with Crippen molar-refractivity contribution in [1.82, 2.24) is 9.47 Å². The van der Waals surface area contributed by atoms with Crippen LogP contribution >= 0.6 is 0 Å². The van der Waals surface area contributed by atoms with Crippen LogP contribution in [0, 0.1) is 0 Å². The van der Waals surface area contributed by atoms with Gasteiger partial charge in [0.05, 0.1) is 18.7 Å². The minimum atomic E-state index is -1.89. The Bertz CT molecular complexity index is 994. The summed E-state index contributed by atoms with van der Waals surface area (Å²) in [6.07, 6.45) is 2.76. The summed E-state index contributed by atoms with van der Waals surface area (Å²) in [6.45, 7) is 12.7. The molecule has 4 rings (SSSR count). The van der Waals surface area contributed by atoms with Gasteiger partial charge in [-0.05, 0) is 54.9 Å². The van der Waals surface area contributed by atoms with Crippen molar-refractivity contribution in [1.29, 1.82) is 0 Å². The minimum Gasteiger partial charge on any atom is -0.412 e. The SMILES string of the molecule is CC(C)(C)[Si](C)(C)O[C@H]1CCN2C(=O)N(c3ccc(-n4ccccc4=O)cc3)C[C@H]12.